The maximum Gasteiger partial charge on any atom is 0.573 e. The van der Waals surface area contributed by atoms with Crippen LogP contribution in [-0.4, -0.2) is 48.5 Å². The number of thioether (sulfide) groups is 1. The van der Waals surface area contributed by atoms with Crippen LogP contribution in [0.3, 0.4) is 0 Å². The number of aryl methyl sites for hydroxylation is 1. The van der Waals surface area contributed by atoms with Crippen molar-refractivity contribution in [3.63, 3.8) is 0 Å². The van der Waals surface area contributed by atoms with Crippen LogP contribution in [0.1, 0.15) is 73.4 Å². The summed E-state index contributed by atoms with van der Waals surface area (Å²) >= 11 is 1.63. The van der Waals surface area contributed by atoms with Gasteiger partial charge in [-0.15, -0.1) is 13.2 Å². The Morgan fingerprint density at radius 1 is 1.09 bits per heavy atom. The van der Waals surface area contributed by atoms with E-state index in [4.69, 9.17) is 0 Å². The maximum atomic E-state index is 12.8. The van der Waals surface area contributed by atoms with E-state index in [2.05, 4.69) is 88.0 Å². The van der Waals surface area contributed by atoms with Crippen molar-refractivity contribution in [1.82, 2.24) is 5.32 Å². The molecule has 248 valence electrons. The van der Waals surface area contributed by atoms with Crippen LogP contribution in [0.25, 0.3) is 0 Å². The summed E-state index contributed by atoms with van der Waals surface area (Å²) in [5.74, 6) is 1.95. The third kappa shape index (κ3) is 9.47. The summed E-state index contributed by atoms with van der Waals surface area (Å²) in [5, 5.41) is 3.74. The van der Waals surface area contributed by atoms with Gasteiger partial charge in [0.25, 0.3) is 0 Å². The average molecular weight is 664 g/mol. The van der Waals surface area contributed by atoms with Gasteiger partial charge in [0.05, 0.1) is 0 Å². The number of rotatable bonds is 10. The zero-order valence-electron chi connectivity index (χ0n) is 27.1. The minimum Gasteiger partial charge on any atom is -0.406 e. The number of anilines is 1. The maximum absolute atomic E-state index is 12.8. The molecule has 1 fully saturated rings. The summed E-state index contributed by atoms with van der Waals surface area (Å²) in [5.41, 5.74) is 6.34. The molecule has 11 heteroatoms. The Morgan fingerprint density at radius 3 is 2.53 bits per heavy atom. The van der Waals surface area contributed by atoms with E-state index in [1.807, 2.05) is 12.1 Å². The van der Waals surface area contributed by atoms with E-state index < -0.39 is 6.36 Å². The molecule has 5 rings (SSSR count). The van der Waals surface area contributed by atoms with Gasteiger partial charge in [0, 0.05) is 36.3 Å². The van der Waals surface area contributed by atoms with Gasteiger partial charge in [0.1, 0.15) is 11.8 Å². The van der Waals surface area contributed by atoms with E-state index in [-0.39, 0.29) is 17.8 Å². The Labute approximate surface area is 278 Å². The van der Waals surface area contributed by atoms with Gasteiger partial charge in [-0.05, 0) is 78.5 Å². The fourth-order valence-corrected chi connectivity index (χ4v) is 6.56. The van der Waals surface area contributed by atoms with E-state index in [0.717, 1.165) is 53.5 Å². The second kappa shape index (κ2) is 15.2. The third-order valence-corrected chi connectivity index (χ3v) is 9.11. The van der Waals surface area contributed by atoms with Crippen molar-refractivity contribution in [2.75, 3.05) is 23.7 Å². The highest BCUT2D eigenvalue weighted by molar-refractivity contribution is 8.14. The van der Waals surface area contributed by atoms with Crippen LogP contribution in [0.2, 0.25) is 0 Å². The average Bonchev–Trinajstić information content (AvgIpc) is 3.51. The van der Waals surface area contributed by atoms with Crippen LogP contribution in [-0.2, 0) is 6.42 Å². The van der Waals surface area contributed by atoms with Gasteiger partial charge in [-0.2, -0.15) is 4.99 Å². The quantitative estimate of drug-likeness (QED) is 0.235. The Kier molecular flexibility index (Phi) is 11.1. The van der Waals surface area contributed by atoms with Crippen molar-refractivity contribution in [1.29, 1.82) is 0 Å². The van der Waals surface area contributed by atoms with Gasteiger partial charge in [-0.1, -0.05) is 81.1 Å². The summed E-state index contributed by atoms with van der Waals surface area (Å²) in [6.07, 6.45) is -0.340. The zero-order chi connectivity index (χ0) is 33.6. The first-order valence-corrected chi connectivity index (χ1v) is 16.9. The Hall–Kier alpha value is -4.12. The first kappa shape index (κ1) is 34.2. The second-order valence-corrected chi connectivity index (χ2v) is 13.3. The van der Waals surface area contributed by atoms with Crippen LogP contribution in [0.5, 0.6) is 5.75 Å². The van der Waals surface area contributed by atoms with Crippen LogP contribution >= 0.6 is 11.8 Å². The number of halogens is 3. The molecule has 47 heavy (non-hydrogen) atoms. The van der Waals surface area contributed by atoms with Crippen molar-refractivity contribution in [2.45, 2.75) is 65.3 Å². The van der Waals surface area contributed by atoms with Gasteiger partial charge >= 0.3 is 12.4 Å². The van der Waals surface area contributed by atoms with E-state index >= 15 is 0 Å². The molecule has 0 aromatic heterocycles. The minimum absolute atomic E-state index is 0.273. The number of amides is 2. The molecule has 2 unspecified atom stereocenters. The topological polar surface area (TPSA) is 78.7 Å². The van der Waals surface area contributed by atoms with E-state index in [0.29, 0.717) is 24.2 Å². The molecule has 0 bridgehead atoms. The summed E-state index contributed by atoms with van der Waals surface area (Å²) in [6, 6.07) is 19.6. The van der Waals surface area contributed by atoms with Crippen molar-refractivity contribution in [3.05, 3.63) is 94.5 Å². The molecule has 1 N–H and O–H groups in total. The molecule has 1 saturated heterocycles. The van der Waals surface area contributed by atoms with E-state index in [9.17, 15) is 18.0 Å². The van der Waals surface area contributed by atoms with E-state index in [1.165, 1.54) is 28.8 Å². The Balaban J connectivity index is 1.11. The van der Waals surface area contributed by atoms with Gasteiger partial charge in [-0.3, -0.25) is 4.99 Å². The smallest absolute Gasteiger partial charge is 0.406 e. The van der Waals surface area contributed by atoms with Crippen LogP contribution in [0.15, 0.2) is 81.7 Å². The summed E-state index contributed by atoms with van der Waals surface area (Å²) < 4.78 is 41.3. The molecule has 2 aliphatic rings. The molecule has 2 amide bonds. The molecule has 7 nitrogen and oxygen atoms in total. The van der Waals surface area contributed by atoms with Crippen LogP contribution < -0.4 is 15.0 Å². The van der Waals surface area contributed by atoms with Gasteiger partial charge < -0.3 is 15.0 Å². The van der Waals surface area contributed by atoms with Gasteiger partial charge in [0.2, 0.25) is 0 Å². The molecular weight excluding hydrogens is 623 g/mol. The fourth-order valence-electron chi connectivity index (χ4n) is 5.61. The van der Waals surface area contributed by atoms with Crippen molar-refractivity contribution in [2.24, 2.45) is 20.9 Å². The lowest BCUT2D eigenvalue weighted by atomic mass is 9.97. The Morgan fingerprint density at radius 2 is 1.83 bits per heavy atom. The van der Waals surface area contributed by atoms with Crippen molar-refractivity contribution in [3.8, 4) is 5.75 Å². The summed E-state index contributed by atoms with van der Waals surface area (Å²) in [4.78, 5) is 28.6. The molecule has 0 spiro atoms. The molecule has 3 aromatic carbocycles. The number of benzene rings is 3. The van der Waals surface area contributed by atoms with Gasteiger partial charge in [0.15, 0.2) is 11.0 Å². The number of hydrogen-bond donors (Lipinski definition) is 1. The van der Waals surface area contributed by atoms with Crippen molar-refractivity contribution < 1.29 is 22.7 Å². The highest BCUT2D eigenvalue weighted by Crippen LogP contribution is 2.33. The lowest BCUT2D eigenvalue weighted by Crippen LogP contribution is -2.36. The number of aliphatic imine (C=N–C) groups is 3. The molecule has 2 aliphatic heterocycles. The second-order valence-electron chi connectivity index (χ2n) is 12.3. The summed E-state index contributed by atoms with van der Waals surface area (Å²) in [7, 11) is 0. The number of nitrogens with one attached hydrogen (secondary N) is 1. The zero-order valence-corrected chi connectivity index (χ0v) is 27.9. The van der Waals surface area contributed by atoms with Gasteiger partial charge in [-0.25, -0.2) is 9.79 Å². The minimum atomic E-state index is -4.73. The number of alkyl halides is 3. The molecule has 0 saturated carbocycles. The first-order valence-electron chi connectivity index (χ1n) is 15.9. The number of carbonyl (C=O) groups excluding carboxylic acids is 1. The number of urea groups is 1. The van der Waals surface area contributed by atoms with Crippen molar-refractivity contribution >= 4 is 40.7 Å². The van der Waals surface area contributed by atoms with Crippen LogP contribution in [0.4, 0.5) is 23.7 Å². The predicted molar refractivity (Wildman–Crippen MR) is 185 cm³/mol. The molecular formula is C36H40F3N5O2S. The largest absolute Gasteiger partial charge is 0.573 e. The highest BCUT2D eigenvalue weighted by Gasteiger charge is 2.31. The lowest BCUT2D eigenvalue weighted by molar-refractivity contribution is -0.274. The normalized spacial score (nSPS) is 18.0. The molecule has 3 aromatic rings. The lowest BCUT2D eigenvalue weighted by Gasteiger charge is -2.32. The standard InChI is InChI=1S/C36H40F3N5O2S/c1-23(2)30-15-6-24(3)21-32(30)44-18-5-19-47-35(44)43-34(45)40-17-16-25(4)20-26-7-9-28(10-8-26)33-41-22-31(42-33)27-11-13-29(14-12-27)46-36(37,38)39/h6-15,21-23,25,31H,5,16-20H2,1-4H3,(H,40,45)/b43-35-. The third-order valence-electron chi connectivity index (χ3n) is 8.05. The molecule has 2 atom stereocenters. The Bertz CT molecular complexity index is 1640. The highest BCUT2D eigenvalue weighted by atomic mass is 32.2. The monoisotopic (exact) mass is 663 g/mol. The molecule has 0 aliphatic carbocycles. The predicted octanol–water partition coefficient (Wildman–Crippen LogP) is 8.87. The fraction of sp³-hybridized carbons (Fsp3) is 0.389. The number of ether oxygens (including phenoxy) is 1. The van der Waals surface area contributed by atoms with E-state index in [1.54, 1.807) is 30.1 Å². The number of hydrogen-bond acceptors (Lipinski definition) is 5. The number of nitrogens with zero attached hydrogens (tertiary/aromatic N) is 4. The van der Waals surface area contributed by atoms with Crippen LogP contribution in [0, 0.1) is 12.8 Å². The summed E-state index contributed by atoms with van der Waals surface area (Å²) in [6.45, 7) is 10.0. The molecule has 2 heterocycles. The first-order chi connectivity index (χ1) is 22.4. The number of amidine groups is 2. The SMILES string of the molecule is Cc1ccc(C(C)C)c(N2CCCS/C2=N\C(=O)NCCC(C)Cc2ccc(C3=NC(c4ccc(OC(F)(F)F)cc4)C=N3)cc2)c1. The number of carbonyl (C=O) groups is 1. The molecule has 0 radical (unpaired) electrons.